The molecule has 4 rings (SSSR count). The molecule has 4 heterocycles. The fourth-order valence-electron chi connectivity index (χ4n) is 4.02. The summed E-state index contributed by atoms with van der Waals surface area (Å²) in [6.07, 6.45) is 3.53. The average Bonchev–Trinajstić information content (AvgIpc) is 3.04. The predicted molar refractivity (Wildman–Crippen MR) is 93.3 cm³/mol. The van der Waals surface area contributed by atoms with Crippen LogP contribution >= 0.6 is 0 Å². The number of nitrogen functional groups attached to an aromatic ring is 1. The van der Waals surface area contributed by atoms with Gasteiger partial charge in [-0.25, -0.2) is 9.97 Å². The van der Waals surface area contributed by atoms with Gasteiger partial charge in [-0.15, -0.1) is 0 Å². The Morgan fingerprint density at radius 2 is 2.07 bits per heavy atom. The fourth-order valence-corrected chi connectivity index (χ4v) is 4.02. The number of nitrogens with zero attached hydrogens (tertiary/aromatic N) is 4. The highest BCUT2D eigenvalue weighted by Crippen LogP contribution is 2.40. The standard InChI is InChI=1S/C18H21F2N5O2/c1-11-2-3-13(25(11)16(19)20)15(26)24-7-5-18(6-8-24)14-12(4-9-27-18)10-22-17(21)23-14/h2-3,10,16H,4-9H2,1H3,(H2,21,22,23). The molecule has 1 saturated heterocycles. The fraction of sp³-hybridized carbons (Fsp3) is 0.500. The van der Waals surface area contributed by atoms with E-state index in [9.17, 15) is 13.6 Å². The van der Waals surface area contributed by atoms with E-state index in [2.05, 4.69) is 9.97 Å². The molecule has 7 nitrogen and oxygen atoms in total. The minimum Gasteiger partial charge on any atom is -0.368 e. The van der Waals surface area contributed by atoms with Crippen LogP contribution in [0.2, 0.25) is 0 Å². The summed E-state index contributed by atoms with van der Waals surface area (Å²) in [5, 5.41) is 0. The van der Waals surface area contributed by atoms with E-state index in [4.69, 9.17) is 10.5 Å². The van der Waals surface area contributed by atoms with E-state index < -0.39 is 18.1 Å². The molecule has 0 unspecified atom stereocenters. The third-order valence-corrected chi connectivity index (χ3v) is 5.46. The number of alkyl halides is 2. The minimum absolute atomic E-state index is 0.00924. The molecule has 1 fully saturated rings. The molecular weight excluding hydrogens is 356 g/mol. The number of halogens is 2. The number of piperidine rings is 1. The quantitative estimate of drug-likeness (QED) is 0.868. The number of carbonyl (C=O) groups excluding carboxylic acids is 1. The van der Waals surface area contributed by atoms with Crippen molar-refractivity contribution in [3.05, 3.63) is 41.0 Å². The van der Waals surface area contributed by atoms with Gasteiger partial charge in [-0.3, -0.25) is 9.36 Å². The van der Waals surface area contributed by atoms with Crippen molar-refractivity contribution in [2.24, 2.45) is 0 Å². The van der Waals surface area contributed by atoms with Gasteiger partial charge < -0.3 is 15.4 Å². The molecule has 0 saturated carbocycles. The van der Waals surface area contributed by atoms with Crippen LogP contribution < -0.4 is 5.73 Å². The van der Waals surface area contributed by atoms with Crippen molar-refractivity contribution in [3.63, 3.8) is 0 Å². The number of aromatic nitrogens is 3. The summed E-state index contributed by atoms with van der Waals surface area (Å²) in [4.78, 5) is 22.8. The van der Waals surface area contributed by atoms with Gasteiger partial charge in [0, 0.05) is 25.0 Å². The molecule has 0 atom stereocenters. The highest BCUT2D eigenvalue weighted by molar-refractivity contribution is 5.93. The molecule has 2 aromatic rings. The number of carbonyl (C=O) groups is 1. The van der Waals surface area contributed by atoms with Gasteiger partial charge in [0.1, 0.15) is 11.3 Å². The zero-order valence-corrected chi connectivity index (χ0v) is 15.0. The van der Waals surface area contributed by atoms with Gasteiger partial charge in [0.15, 0.2) is 0 Å². The van der Waals surface area contributed by atoms with Crippen LogP contribution in [0.15, 0.2) is 18.3 Å². The minimum atomic E-state index is -2.75. The molecule has 1 amide bonds. The van der Waals surface area contributed by atoms with Crippen LogP contribution in [-0.2, 0) is 16.8 Å². The van der Waals surface area contributed by atoms with E-state index >= 15 is 0 Å². The van der Waals surface area contributed by atoms with Gasteiger partial charge in [0.05, 0.1) is 12.3 Å². The van der Waals surface area contributed by atoms with Crippen molar-refractivity contribution >= 4 is 11.9 Å². The molecule has 27 heavy (non-hydrogen) atoms. The monoisotopic (exact) mass is 377 g/mol. The summed E-state index contributed by atoms with van der Waals surface area (Å²) in [7, 11) is 0. The van der Waals surface area contributed by atoms with E-state index in [-0.39, 0.29) is 11.6 Å². The Kier molecular flexibility index (Phi) is 4.33. The summed E-state index contributed by atoms with van der Waals surface area (Å²) in [6.45, 7) is 0.168. The number of aryl methyl sites for hydroxylation is 1. The van der Waals surface area contributed by atoms with Crippen molar-refractivity contribution in [2.75, 3.05) is 25.4 Å². The maximum absolute atomic E-state index is 13.3. The molecule has 144 valence electrons. The van der Waals surface area contributed by atoms with Crippen LogP contribution in [0.5, 0.6) is 0 Å². The second-order valence-corrected chi connectivity index (χ2v) is 6.99. The Labute approximate surface area is 155 Å². The van der Waals surface area contributed by atoms with Crippen molar-refractivity contribution < 1.29 is 18.3 Å². The molecule has 2 aliphatic heterocycles. The first-order chi connectivity index (χ1) is 12.9. The zero-order valence-electron chi connectivity index (χ0n) is 15.0. The number of hydrogen-bond donors (Lipinski definition) is 1. The van der Waals surface area contributed by atoms with Gasteiger partial charge in [-0.05, 0) is 43.9 Å². The third kappa shape index (κ3) is 2.95. The highest BCUT2D eigenvalue weighted by Gasteiger charge is 2.43. The van der Waals surface area contributed by atoms with Gasteiger partial charge >= 0.3 is 6.55 Å². The van der Waals surface area contributed by atoms with E-state index in [0.29, 0.717) is 38.2 Å². The summed E-state index contributed by atoms with van der Waals surface area (Å²) in [6, 6.07) is 2.99. The summed E-state index contributed by atoms with van der Waals surface area (Å²) in [5.41, 5.74) is 7.33. The van der Waals surface area contributed by atoms with Crippen molar-refractivity contribution in [1.82, 2.24) is 19.4 Å². The van der Waals surface area contributed by atoms with Gasteiger partial charge in [0.2, 0.25) is 5.95 Å². The Balaban J connectivity index is 1.55. The largest absolute Gasteiger partial charge is 0.368 e. The van der Waals surface area contributed by atoms with Crippen molar-refractivity contribution in [2.45, 2.75) is 38.3 Å². The van der Waals surface area contributed by atoms with E-state index in [0.717, 1.165) is 22.2 Å². The van der Waals surface area contributed by atoms with Crippen molar-refractivity contribution in [3.8, 4) is 0 Å². The number of likely N-dealkylation sites (tertiary alicyclic amines) is 1. The zero-order chi connectivity index (χ0) is 19.2. The van der Waals surface area contributed by atoms with Gasteiger partial charge in [-0.2, -0.15) is 8.78 Å². The summed E-state index contributed by atoms with van der Waals surface area (Å²) >= 11 is 0. The predicted octanol–water partition coefficient (Wildman–Crippen LogP) is 2.27. The SMILES string of the molecule is Cc1ccc(C(=O)N2CCC3(CC2)OCCc2cnc(N)nc23)n1C(F)F. The second kappa shape index (κ2) is 6.56. The van der Waals surface area contributed by atoms with Crippen molar-refractivity contribution in [1.29, 1.82) is 0 Å². The summed E-state index contributed by atoms with van der Waals surface area (Å²) < 4.78 is 33.4. The molecule has 2 aliphatic rings. The van der Waals surface area contributed by atoms with Crippen LogP contribution in [0.4, 0.5) is 14.7 Å². The Hall–Kier alpha value is -2.55. The number of amides is 1. The van der Waals surface area contributed by atoms with Crippen LogP contribution in [0.1, 0.15) is 46.8 Å². The molecule has 0 bridgehead atoms. The van der Waals surface area contributed by atoms with E-state index in [1.807, 2.05) is 0 Å². The number of nitrogens with two attached hydrogens (primary N) is 1. The lowest BCUT2D eigenvalue weighted by molar-refractivity contribution is -0.0968. The number of hydrogen-bond acceptors (Lipinski definition) is 5. The molecule has 1 spiro atoms. The molecule has 0 aliphatic carbocycles. The van der Waals surface area contributed by atoms with Crippen LogP contribution in [-0.4, -0.2) is 45.0 Å². The van der Waals surface area contributed by atoms with Crippen LogP contribution in [0.25, 0.3) is 0 Å². The smallest absolute Gasteiger partial charge is 0.319 e. The molecule has 0 radical (unpaired) electrons. The maximum atomic E-state index is 13.3. The normalized spacial score (nSPS) is 18.7. The maximum Gasteiger partial charge on any atom is 0.319 e. The lowest BCUT2D eigenvalue weighted by atomic mass is 9.83. The first kappa shape index (κ1) is 17.8. The lowest BCUT2D eigenvalue weighted by Gasteiger charge is -2.44. The Bertz CT molecular complexity index is 875. The topological polar surface area (TPSA) is 86.3 Å². The van der Waals surface area contributed by atoms with Gasteiger partial charge in [-0.1, -0.05) is 0 Å². The van der Waals surface area contributed by atoms with Crippen LogP contribution in [0.3, 0.4) is 0 Å². The van der Waals surface area contributed by atoms with Crippen LogP contribution in [0, 0.1) is 6.92 Å². The van der Waals surface area contributed by atoms with E-state index in [1.54, 1.807) is 18.0 Å². The average molecular weight is 377 g/mol. The number of ether oxygens (including phenoxy) is 1. The molecule has 2 aromatic heterocycles. The molecule has 2 N–H and O–H groups in total. The van der Waals surface area contributed by atoms with Gasteiger partial charge in [0.25, 0.3) is 5.91 Å². The second-order valence-electron chi connectivity index (χ2n) is 6.99. The Morgan fingerprint density at radius 3 is 2.78 bits per heavy atom. The highest BCUT2D eigenvalue weighted by atomic mass is 19.3. The Morgan fingerprint density at radius 1 is 1.33 bits per heavy atom. The number of rotatable bonds is 2. The molecular formula is C18H21F2N5O2. The number of anilines is 1. The van der Waals surface area contributed by atoms with E-state index in [1.165, 1.54) is 12.1 Å². The molecule has 0 aromatic carbocycles. The molecule has 9 heteroatoms. The first-order valence-corrected chi connectivity index (χ1v) is 8.92. The third-order valence-electron chi connectivity index (χ3n) is 5.46. The first-order valence-electron chi connectivity index (χ1n) is 8.92. The lowest BCUT2D eigenvalue weighted by Crippen LogP contribution is -2.49. The number of fused-ring (bicyclic) bond motifs is 2. The summed E-state index contributed by atoms with van der Waals surface area (Å²) in [5.74, 6) is -0.196.